The number of anilines is 1. The highest BCUT2D eigenvalue weighted by atomic mass is 32.2. The Hall–Kier alpha value is -2.60. The van der Waals surface area contributed by atoms with E-state index in [1.165, 1.54) is 11.8 Å². The monoisotopic (exact) mass is 367 g/mol. The molecule has 0 bridgehead atoms. The summed E-state index contributed by atoms with van der Waals surface area (Å²) in [5.74, 6) is -0.387. The molecule has 1 saturated heterocycles. The number of carbonyl (C=O) groups excluding carboxylic acids is 2. The van der Waals surface area contributed by atoms with Gasteiger partial charge in [-0.3, -0.25) is 9.59 Å². The average Bonchev–Trinajstić information content (AvgIpc) is 2.55. The van der Waals surface area contributed by atoms with Gasteiger partial charge in [-0.2, -0.15) is 0 Å². The summed E-state index contributed by atoms with van der Waals surface area (Å²) in [6.07, 6.45) is 0.133. The van der Waals surface area contributed by atoms with Crippen molar-refractivity contribution in [2.24, 2.45) is 4.99 Å². The zero-order chi connectivity index (χ0) is 18.7. The van der Waals surface area contributed by atoms with Crippen molar-refractivity contribution in [1.82, 2.24) is 5.32 Å². The number of hydrogen-bond donors (Lipinski definition) is 2. The van der Waals surface area contributed by atoms with Gasteiger partial charge in [0.25, 0.3) is 0 Å². The van der Waals surface area contributed by atoms with Gasteiger partial charge in [-0.1, -0.05) is 35.5 Å². The van der Waals surface area contributed by atoms with Crippen LogP contribution in [0.3, 0.4) is 0 Å². The summed E-state index contributed by atoms with van der Waals surface area (Å²) >= 11 is 1.28. The molecule has 0 spiro atoms. The number of hydrogen-bond acceptors (Lipinski definition) is 4. The molecule has 1 fully saturated rings. The molecule has 0 saturated carbocycles. The zero-order valence-electron chi connectivity index (χ0n) is 15.0. The third kappa shape index (κ3) is 4.73. The van der Waals surface area contributed by atoms with Crippen molar-refractivity contribution in [3.05, 3.63) is 59.2 Å². The van der Waals surface area contributed by atoms with E-state index in [0.717, 1.165) is 28.1 Å². The first-order valence-electron chi connectivity index (χ1n) is 8.40. The quantitative estimate of drug-likeness (QED) is 0.865. The summed E-state index contributed by atoms with van der Waals surface area (Å²) in [6, 6.07) is 13.6. The molecule has 1 aliphatic heterocycles. The molecule has 0 aliphatic carbocycles. The third-order valence-corrected chi connectivity index (χ3v) is 5.00. The van der Waals surface area contributed by atoms with E-state index in [1.807, 2.05) is 63.2 Å². The van der Waals surface area contributed by atoms with Crippen LogP contribution in [-0.4, -0.2) is 22.2 Å². The predicted octanol–water partition coefficient (Wildman–Crippen LogP) is 3.86. The Morgan fingerprint density at radius 2 is 1.73 bits per heavy atom. The zero-order valence-corrected chi connectivity index (χ0v) is 15.8. The summed E-state index contributed by atoms with van der Waals surface area (Å²) in [6.45, 7) is 5.97. The second-order valence-corrected chi connectivity index (χ2v) is 7.67. The number of nitrogens with one attached hydrogen (secondary N) is 2. The van der Waals surface area contributed by atoms with E-state index in [2.05, 4.69) is 15.6 Å². The molecule has 0 radical (unpaired) electrons. The first kappa shape index (κ1) is 18.2. The Labute approximate surface area is 157 Å². The van der Waals surface area contributed by atoms with E-state index < -0.39 is 5.25 Å². The lowest BCUT2D eigenvalue weighted by Gasteiger charge is -2.22. The maximum absolute atomic E-state index is 12.6. The van der Waals surface area contributed by atoms with Crippen LogP contribution in [0.25, 0.3) is 0 Å². The number of carbonyl (C=O) groups is 2. The lowest BCUT2D eigenvalue weighted by Crippen LogP contribution is -2.41. The van der Waals surface area contributed by atoms with Gasteiger partial charge in [0.05, 0.1) is 5.69 Å². The number of benzene rings is 2. The number of nitrogens with zero attached hydrogens (tertiary/aromatic N) is 1. The molecular weight excluding hydrogens is 346 g/mol. The minimum atomic E-state index is -0.506. The van der Waals surface area contributed by atoms with Gasteiger partial charge in [-0.15, -0.1) is 0 Å². The van der Waals surface area contributed by atoms with Crippen LogP contribution in [0.4, 0.5) is 11.4 Å². The maximum Gasteiger partial charge on any atom is 0.238 e. The van der Waals surface area contributed by atoms with Crippen LogP contribution in [-0.2, 0) is 9.59 Å². The normalized spacial score (nSPS) is 18.5. The molecule has 3 rings (SSSR count). The SMILES string of the molecule is Cc1ccc(N=C2NC(=O)CC(C(=O)Nc3cc(C)cc(C)c3)S2)cc1. The minimum Gasteiger partial charge on any atom is -0.325 e. The Balaban J connectivity index is 1.73. The van der Waals surface area contributed by atoms with Crippen molar-refractivity contribution in [3.8, 4) is 0 Å². The van der Waals surface area contributed by atoms with E-state index in [1.54, 1.807) is 0 Å². The predicted molar refractivity (Wildman–Crippen MR) is 107 cm³/mol. The molecule has 1 aliphatic rings. The lowest BCUT2D eigenvalue weighted by atomic mass is 10.1. The second kappa shape index (κ2) is 7.74. The van der Waals surface area contributed by atoms with E-state index >= 15 is 0 Å². The number of aryl methyl sites for hydroxylation is 3. The first-order valence-corrected chi connectivity index (χ1v) is 9.28. The topological polar surface area (TPSA) is 70.6 Å². The van der Waals surface area contributed by atoms with Crippen LogP contribution < -0.4 is 10.6 Å². The van der Waals surface area contributed by atoms with E-state index in [-0.39, 0.29) is 18.2 Å². The molecule has 134 valence electrons. The Morgan fingerprint density at radius 3 is 2.38 bits per heavy atom. The van der Waals surface area contributed by atoms with Gasteiger partial charge in [0.15, 0.2) is 5.17 Å². The fourth-order valence-corrected chi connectivity index (χ4v) is 3.75. The molecule has 2 amide bonds. The van der Waals surface area contributed by atoms with Gasteiger partial charge in [-0.05, 0) is 56.2 Å². The number of thioether (sulfide) groups is 1. The lowest BCUT2D eigenvalue weighted by molar-refractivity contribution is -0.123. The largest absolute Gasteiger partial charge is 0.325 e. The standard InChI is InChI=1S/C20H21N3O2S/c1-12-4-6-15(7-5-12)22-20-23-18(24)11-17(26-20)19(25)21-16-9-13(2)8-14(3)10-16/h4-10,17H,11H2,1-3H3,(H,21,25)(H,22,23,24). The highest BCUT2D eigenvalue weighted by Crippen LogP contribution is 2.25. The molecule has 0 aromatic heterocycles. The molecule has 5 nitrogen and oxygen atoms in total. The molecule has 26 heavy (non-hydrogen) atoms. The van der Waals surface area contributed by atoms with Crippen LogP contribution in [0.15, 0.2) is 47.5 Å². The second-order valence-electron chi connectivity index (χ2n) is 6.48. The maximum atomic E-state index is 12.6. The van der Waals surface area contributed by atoms with Crippen LogP contribution in [0.2, 0.25) is 0 Å². The highest BCUT2D eigenvalue weighted by Gasteiger charge is 2.30. The van der Waals surface area contributed by atoms with E-state index in [9.17, 15) is 9.59 Å². The molecule has 2 aromatic carbocycles. The van der Waals surface area contributed by atoms with Gasteiger partial charge in [0.2, 0.25) is 11.8 Å². The van der Waals surface area contributed by atoms with Crippen LogP contribution in [0.5, 0.6) is 0 Å². The average molecular weight is 367 g/mol. The molecule has 1 unspecified atom stereocenters. The van der Waals surface area contributed by atoms with Crippen molar-refractivity contribution in [3.63, 3.8) is 0 Å². The first-order chi connectivity index (χ1) is 12.4. The smallest absolute Gasteiger partial charge is 0.238 e. The van der Waals surface area contributed by atoms with E-state index in [4.69, 9.17) is 0 Å². The molecule has 1 heterocycles. The Kier molecular flexibility index (Phi) is 5.42. The fourth-order valence-electron chi connectivity index (χ4n) is 2.75. The fraction of sp³-hybridized carbons (Fsp3) is 0.250. The summed E-state index contributed by atoms with van der Waals surface area (Å²) in [7, 11) is 0. The number of amides is 2. The van der Waals surface area contributed by atoms with Gasteiger partial charge >= 0.3 is 0 Å². The number of amidine groups is 1. The van der Waals surface area contributed by atoms with Crippen molar-refractivity contribution in [2.75, 3.05) is 5.32 Å². The van der Waals surface area contributed by atoms with Crippen molar-refractivity contribution in [2.45, 2.75) is 32.4 Å². The minimum absolute atomic E-state index is 0.133. The molecule has 2 N–H and O–H groups in total. The summed E-state index contributed by atoms with van der Waals surface area (Å²) in [5.41, 5.74) is 4.79. The Morgan fingerprint density at radius 1 is 1.08 bits per heavy atom. The Bertz CT molecular complexity index is 855. The highest BCUT2D eigenvalue weighted by molar-refractivity contribution is 8.15. The molecular formula is C20H21N3O2S. The van der Waals surface area contributed by atoms with Crippen LogP contribution in [0, 0.1) is 20.8 Å². The third-order valence-electron chi connectivity index (χ3n) is 3.92. The summed E-state index contributed by atoms with van der Waals surface area (Å²) in [4.78, 5) is 29.1. The van der Waals surface area contributed by atoms with Crippen LogP contribution >= 0.6 is 11.8 Å². The molecule has 1 atom stereocenters. The van der Waals surface area contributed by atoms with Gasteiger partial charge in [0, 0.05) is 12.1 Å². The number of aliphatic imine (C=N–C) groups is 1. The van der Waals surface area contributed by atoms with E-state index in [0.29, 0.717) is 5.17 Å². The van der Waals surface area contributed by atoms with Gasteiger partial charge < -0.3 is 10.6 Å². The summed E-state index contributed by atoms with van der Waals surface area (Å²) < 4.78 is 0. The van der Waals surface area contributed by atoms with Gasteiger partial charge in [0.1, 0.15) is 5.25 Å². The van der Waals surface area contributed by atoms with Crippen molar-refractivity contribution in [1.29, 1.82) is 0 Å². The number of rotatable bonds is 3. The van der Waals surface area contributed by atoms with Gasteiger partial charge in [-0.25, -0.2) is 4.99 Å². The summed E-state index contributed by atoms with van der Waals surface area (Å²) in [5, 5.41) is 5.60. The van der Waals surface area contributed by atoms with Crippen molar-refractivity contribution >= 4 is 40.1 Å². The molecule has 6 heteroatoms. The van der Waals surface area contributed by atoms with Crippen molar-refractivity contribution < 1.29 is 9.59 Å². The molecule has 2 aromatic rings. The van der Waals surface area contributed by atoms with Crippen LogP contribution in [0.1, 0.15) is 23.1 Å².